The number of nitrogens with zero attached hydrogens (tertiary/aromatic N) is 1. The van der Waals surface area contributed by atoms with Gasteiger partial charge in [-0.3, -0.25) is 4.79 Å². The Morgan fingerprint density at radius 3 is 2.73 bits per heavy atom. The van der Waals surface area contributed by atoms with Crippen LogP contribution in [0.5, 0.6) is 0 Å². The number of ether oxygens (including phenoxy) is 1. The molecule has 120 valence electrons. The van der Waals surface area contributed by atoms with Crippen molar-refractivity contribution in [2.24, 2.45) is 0 Å². The zero-order chi connectivity index (χ0) is 16.3. The van der Waals surface area contributed by atoms with Crippen LogP contribution in [0.3, 0.4) is 0 Å². The summed E-state index contributed by atoms with van der Waals surface area (Å²) in [5, 5.41) is 0. The van der Waals surface area contributed by atoms with Crippen molar-refractivity contribution in [1.29, 1.82) is 0 Å². The highest BCUT2D eigenvalue weighted by Crippen LogP contribution is 2.21. The number of hydrogen-bond acceptors (Lipinski definition) is 5. The van der Waals surface area contributed by atoms with Crippen LogP contribution >= 0.6 is 0 Å². The number of sulfone groups is 1. The van der Waals surface area contributed by atoms with Crippen molar-refractivity contribution in [1.82, 2.24) is 4.90 Å². The summed E-state index contributed by atoms with van der Waals surface area (Å²) in [6.07, 6.45) is 2.48. The van der Waals surface area contributed by atoms with Crippen molar-refractivity contribution in [2.75, 3.05) is 19.9 Å². The van der Waals surface area contributed by atoms with Gasteiger partial charge in [-0.2, -0.15) is 0 Å². The van der Waals surface area contributed by atoms with Crippen molar-refractivity contribution < 1.29 is 22.7 Å². The van der Waals surface area contributed by atoms with Crippen LogP contribution in [-0.4, -0.2) is 51.1 Å². The molecule has 0 aromatic heterocycles. The number of carbonyl (C=O) groups is 2. The molecule has 0 aliphatic carbocycles. The molecule has 2 rings (SSSR count). The molecule has 1 heterocycles. The molecule has 7 heteroatoms. The summed E-state index contributed by atoms with van der Waals surface area (Å²) < 4.78 is 27.5. The van der Waals surface area contributed by atoms with Gasteiger partial charge in [0, 0.05) is 18.4 Å². The molecule has 1 aromatic carbocycles. The van der Waals surface area contributed by atoms with Gasteiger partial charge < -0.3 is 9.64 Å². The maximum absolute atomic E-state index is 12.6. The van der Waals surface area contributed by atoms with Crippen LogP contribution in [0.15, 0.2) is 24.3 Å². The van der Waals surface area contributed by atoms with Crippen LogP contribution in [0, 0.1) is 0 Å². The Kier molecular flexibility index (Phi) is 4.85. The summed E-state index contributed by atoms with van der Waals surface area (Å²) in [7, 11) is -1.86. The first kappa shape index (κ1) is 16.5. The van der Waals surface area contributed by atoms with Gasteiger partial charge >= 0.3 is 5.97 Å². The van der Waals surface area contributed by atoms with E-state index in [1.165, 1.54) is 12.0 Å². The van der Waals surface area contributed by atoms with Gasteiger partial charge in [0.1, 0.15) is 6.04 Å². The number of rotatable bonds is 4. The second kappa shape index (κ2) is 6.48. The number of likely N-dealkylation sites (tertiary alicyclic amines) is 1. The summed E-state index contributed by atoms with van der Waals surface area (Å²) in [4.78, 5) is 25.8. The first-order valence-electron chi connectivity index (χ1n) is 6.97. The molecule has 1 aromatic rings. The molecule has 22 heavy (non-hydrogen) atoms. The third kappa shape index (κ3) is 3.85. The molecule has 0 bridgehead atoms. The average Bonchev–Trinajstić information content (AvgIpc) is 2.93. The molecule has 1 fully saturated rings. The van der Waals surface area contributed by atoms with E-state index in [1.54, 1.807) is 24.3 Å². The SMILES string of the molecule is COC(=O)[C@@H]1CCCN1C(=O)c1cccc(CS(C)(=O)=O)c1. The molecular formula is C15H19NO5S. The second-order valence-electron chi connectivity index (χ2n) is 5.45. The van der Waals surface area contributed by atoms with E-state index in [0.29, 0.717) is 24.1 Å². The smallest absolute Gasteiger partial charge is 0.328 e. The minimum absolute atomic E-state index is 0.117. The highest BCUT2D eigenvalue weighted by Gasteiger charge is 2.35. The maximum Gasteiger partial charge on any atom is 0.328 e. The minimum atomic E-state index is -3.17. The fraction of sp³-hybridized carbons (Fsp3) is 0.467. The monoisotopic (exact) mass is 325 g/mol. The quantitative estimate of drug-likeness (QED) is 0.772. The molecule has 1 saturated heterocycles. The average molecular weight is 325 g/mol. The van der Waals surface area contributed by atoms with E-state index in [9.17, 15) is 18.0 Å². The van der Waals surface area contributed by atoms with Gasteiger partial charge in [0.05, 0.1) is 12.9 Å². The van der Waals surface area contributed by atoms with Gasteiger partial charge in [0.2, 0.25) is 0 Å². The predicted octanol–water partition coefficient (Wildman–Crippen LogP) is 1.01. The third-order valence-electron chi connectivity index (χ3n) is 3.59. The Balaban J connectivity index is 2.22. The van der Waals surface area contributed by atoms with E-state index in [2.05, 4.69) is 0 Å². The van der Waals surface area contributed by atoms with E-state index >= 15 is 0 Å². The van der Waals surface area contributed by atoms with Crippen molar-refractivity contribution in [3.63, 3.8) is 0 Å². The van der Waals surface area contributed by atoms with Gasteiger partial charge in [0.15, 0.2) is 9.84 Å². The molecular weight excluding hydrogens is 306 g/mol. The third-order valence-corrected chi connectivity index (χ3v) is 4.45. The van der Waals surface area contributed by atoms with Crippen LogP contribution in [-0.2, 0) is 25.1 Å². The predicted molar refractivity (Wildman–Crippen MR) is 81.1 cm³/mol. The Morgan fingerprint density at radius 1 is 1.36 bits per heavy atom. The fourth-order valence-electron chi connectivity index (χ4n) is 2.65. The molecule has 0 spiro atoms. The fourth-order valence-corrected chi connectivity index (χ4v) is 3.44. The van der Waals surface area contributed by atoms with Crippen molar-refractivity contribution in [3.8, 4) is 0 Å². The topological polar surface area (TPSA) is 80.8 Å². The Labute approximate surface area is 130 Å². The highest BCUT2D eigenvalue weighted by atomic mass is 32.2. The van der Waals surface area contributed by atoms with Crippen molar-refractivity contribution >= 4 is 21.7 Å². The molecule has 1 aliphatic heterocycles. The summed E-state index contributed by atoms with van der Waals surface area (Å²) in [5.41, 5.74) is 0.944. The van der Waals surface area contributed by atoms with Crippen LogP contribution in [0.1, 0.15) is 28.8 Å². The van der Waals surface area contributed by atoms with E-state index in [-0.39, 0.29) is 11.7 Å². The summed E-state index contributed by atoms with van der Waals surface area (Å²) in [6, 6.07) is 5.95. The Morgan fingerprint density at radius 2 is 2.09 bits per heavy atom. The number of esters is 1. The number of benzene rings is 1. The second-order valence-corrected chi connectivity index (χ2v) is 7.59. The lowest BCUT2D eigenvalue weighted by molar-refractivity contribution is -0.145. The van der Waals surface area contributed by atoms with Gasteiger partial charge in [-0.25, -0.2) is 13.2 Å². The van der Waals surface area contributed by atoms with Crippen LogP contribution < -0.4 is 0 Å². The lowest BCUT2D eigenvalue weighted by atomic mass is 10.1. The molecule has 0 unspecified atom stereocenters. The number of carbonyl (C=O) groups excluding carboxylic acids is 2. The van der Waals surface area contributed by atoms with Crippen molar-refractivity contribution in [2.45, 2.75) is 24.6 Å². The number of amides is 1. The molecule has 1 atom stereocenters. The largest absolute Gasteiger partial charge is 0.467 e. The molecule has 0 saturated carbocycles. The lowest BCUT2D eigenvalue weighted by Gasteiger charge is -2.22. The number of hydrogen-bond donors (Lipinski definition) is 0. The lowest BCUT2D eigenvalue weighted by Crippen LogP contribution is -2.41. The molecule has 0 N–H and O–H groups in total. The van der Waals surface area contributed by atoms with E-state index in [4.69, 9.17) is 4.74 Å². The minimum Gasteiger partial charge on any atom is -0.467 e. The highest BCUT2D eigenvalue weighted by molar-refractivity contribution is 7.89. The van der Waals surface area contributed by atoms with Crippen LogP contribution in [0.25, 0.3) is 0 Å². The normalized spacial score (nSPS) is 18.3. The van der Waals surface area contributed by atoms with Gasteiger partial charge in [-0.15, -0.1) is 0 Å². The van der Waals surface area contributed by atoms with Gasteiger partial charge in [-0.05, 0) is 30.5 Å². The van der Waals surface area contributed by atoms with Crippen molar-refractivity contribution in [3.05, 3.63) is 35.4 Å². The Bertz CT molecular complexity index is 683. The van der Waals surface area contributed by atoms with Crippen LogP contribution in [0.2, 0.25) is 0 Å². The first-order valence-corrected chi connectivity index (χ1v) is 9.03. The zero-order valence-corrected chi connectivity index (χ0v) is 13.4. The molecule has 6 nitrogen and oxygen atoms in total. The zero-order valence-electron chi connectivity index (χ0n) is 12.6. The van der Waals surface area contributed by atoms with Gasteiger partial charge in [-0.1, -0.05) is 12.1 Å². The standard InChI is InChI=1S/C15H19NO5S/c1-21-15(18)13-7-4-8-16(13)14(17)12-6-3-5-11(9-12)10-22(2,19)20/h3,5-6,9,13H,4,7-8,10H2,1-2H3/t13-/m0/s1. The Hall–Kier alpha value is -1.89. The van der Waals surface area contributed by atoms with Gasteiger partial charge in [0.25, 0.3) is 5.91 Å². The maximum atomic E-state index is 12.6. The summed E-state index contributed by atoms with van der Waals surface area (Å²) in [6.45, 7) is 0.495. The van der Waals surface area contributed by atoms with Crippen LogP contribution in [0.4, 0.5) is 0 Å². The molecule has 1 amide bonds. The molecule has 0 radical (unpaired) electrons. The van der Waals surface area contributed by atoms with E-state index in [1.807, 2.05) is 0 Å². The summed E-state index contributed by atoms with van der Waals surface area (Å²) in [5.74, 6) is -0.810. The summed E-state index contributed by atoms with van der Waals surface area (Å²) >= 11 is 0. The van der Waals surface area contributed by atoms with E-state index < -0.39 is 21.8 Å². The first-order chi connectivity index (χ1) is 10.3. The van der Waals surface area contributed by atoms with E-state index in [0.717, 1.165) is 12.7 Å². The molecule has 1 aliphatic rings. The number of methoxy groups -OCH3 is 1.